The number of anilines is 2. The Kier molecular flexibility index (Phi) is 6.07. The smallest absolute Gasteiger partial charge is 0.255 e. The Labute approximate surface area is 194 Å². The maximum Gasteiger partial charge on any atom is 0.255 e. The maximum absolute atomic E-state index is 13.8. The largest absolute Gasteiger partial charge is 0.301 e. The van der Waals surface area contributed by atoms with Crippen molar-refractivity contribution in [3.05, 3.63) is 94.0 Å². The SMILES string of the molecule is Cc1ccc(N2CC(=O)N(c3ccc(Cl)cc3)[C@@H](c3ccc(C(C)C)cc3)C2=O)cc1C. The molecule has 0 bridgehead atoms. The number of rotatable bonds is 4. The molecule has 0 aliphatic carbocycles. The van der Waals surface area contributed by atoms with Crippen LogP contribution in [0.15, 0.2) is 66.7 Å². The number of amides is 2. The minimum atomic E-state index is -0.750. The van der Waals surface area contributed by atoms with Gasteiger partial charge in [-0.2, -0.15) is 0 Å². The quantitative estimate of drug-likeness (QED) is 0.478. The van der Waals surface area contributed by atoms with Crippen LogP contribution >= 0.6 is 11.6 Å². The van der Waals surface area contributed by atoms with E-state index < -0.39 is 6.04 Å². The molecular weight excluding hydrogens is 420 g/mol. The molecule has 1 saturated heterocycles. The molecular formula is C27H27ClN2O2. The van der Waals surface area contributed by atoms with E-state index in [-0.39, 0.29) is 18.4 Å². The molecule has 0 spiro atoms. The van der Waals surface area contributed by atoms with Gasteiger partial charge in [0.05, 0.1) is 0 Å². The molecule has 1 fully saturated rings. The van der Waals surface area contributed by atoms with E-state index in [1.807, 2.05) is 56.3 Å². The normalized spacial score (nSPS) is 16.8. The lowest BCUT2D eigenvalue weighted by molar-refractivity contribution is -0.128. The van der Waals surface area contributed by atoms with Crippen molar-refractivity contribution in [2.75, 3.05) is 16.3 Å². The number of carbonyl (C=O) groups is 2. The lowest BCUT2D eigenvalue weighted by Gasteiger charge is -2.40. The van der Waals surface area contributed by atoms with Gasteiger partial charge in [0, 0.05) is 16.4 Å². The third kappa shape index (κ3) is 4.15. The number of piperazine rings is 1. The Bertz CT molecular complexity index is 1150. The lowest BCUT2D eigenvalue weighted by atomic mass is 9.95. The van der Waals surface area contributed by atoms with Crippen LogP contribution in [0.3, 0.4) is 0 Å². The van der Waals surface area contributed by atoms with Gasteiger partial charge in [-0.3, -0.25) is 14.5 Å². The molecule has 1 aliphatic rings. The van der Waals surface area contributed by atoms with Crippen molar-refractivity contribution in [2.45, 2.75) is 39.7 Å². The average molecular weight is 447 g/mol. The van der Waals surface area contributed by atoms with E-state index >= 15 is 0 Å². The molecule has 5 heteroatoms. The monoisotopic (exact) mass is 446 g/mol. The molecule has 0 unspecified atom stereocenters. The van der Waals surface area contributed by atoms with Crippen LogP contribution in [0.1, 0.15) is 48.1 Å². The second-order valence-electron chi connectivity index (χ2n) is 8.66. The fraction of sp³-hybridized carbons (Fsp3) is 0.259. The summed E-state index contributed by atoms with van der Waals surface area (Å²) in [4.78, 5) is 30.5. The van der Waals surface area contributed by atoms with E-state index in [0.717, 1.165) is 22.4 Å². The van der Waals surface area contributed by atoms with Gasteiger partial charge in [0.1, 0.15) is 12.6 Å². The van der Waals surface area contributed by atoms with E-state index in [2.05, 4.69) is 13.8 Å². The van der Waals surface area contributed by atoms with Crippen LogP contribution in [0, 0.1) is 13.8 Å². The van der Waals surface area contributed by atoms with Crippen molar-refractivity contribution in [1.29, 1.82) is 0 Å². The molecule has 4 nitrogen and oxygen atoms in total. The van der Waals surface area contributed by atoms with E-state index in [1.165, 1.54) is 5.56 Å². The van der Waals surface area contributed by atoms with Crippen LogP contribution < -0.4 is 9.80 Å². The fourth-order valence-electron chi connectivity index (χ4n) is 4.05. The zero-order valence-electron chi connectivity index (χ0n) is 18.8. The molecule has 3 aromatic carbocycles. The summed E-state index contributed by atoms with van der Waals surface area (Å²) in [6.45, 7) is 8.29. The molecule has 164 valence electrons. The zero-order valence-corrected chi connectivity index (χ0v) is 19.6. The average Bonchev–Trinajstić information content (AvgIpc) is 2.77. The van der Waals surface area contributed by atoms with Gasteiger partial charge in [0.15, 0.2) is 0 Å². The number of carbonyl (C=O) groups excluding carboxylic acids is 2. The Morgan fingerprint density at radius 1 is 0.844 bits per heavy atom. The van der Waals surface area contributed by atoms with Crippen molar-refractivity contribution < 1.29 is 9.59 Å². The Morgan fingerprint density at radius 2 is 1.47 bits per heavy atom. The molecule has 2 amide bonds. The van der Waals surface area contributed by atoms with Crippen molar-refractivity contribution in [2.24, 2.45) is 0 Å². The third-order valence-electron chi connectivity index (χ3n) is 6.15. The molecule has 3 aromatic rings. The van der Waals surface area contributed by atoms with E-state index in [0.29, 0.717) is 16.6 Å². The number of aryl methyl sites for hydroxylation is 2. The fourth-order valence-corrected chi connectivity index (χ4v) is 4.18. The summed E-state index contributed by atoms with van der Waals surface area (Å²) in [7, 11) is 0. The lowest BCUT2D eigenvalue weighted by Crippen LogP contribution is -2.56. The van der Waals surface area contributed by atoms with Gasteiger partial charge in [-0.1, -0.05) is 55.8 Å². The maximum atomic E-state index is 13.8. The molecule has 32 heavy (non-hydrogen) atoms. The van der Waals surface area contributed by atoms with Crippen molar-refractivity contribution in [1.82, 2.24) is 0 Å². The second kappa shape index (κ2) is 8.79. The number of hydrogen-bond donors (Lipinski definition) is 0. The van der Waals surface area contributed by atoms with Gasteiger partial charge in [-0.15, -0.1) is 0 Å². The highest BCUT2D eigenvalue weighted by Crippen LogP contribution is 2.36. The van der Waals surface area contributed by atoms with E-state index in [1.54, 1.807) is 34.1 Å². The minimum absolute atomic E-state index is 0.00939. The van der Waals surface area contributed by atoms with Crippen LogP contribution in [0.5, 0.6) is 0 Å². The molecule has 1 atom stereocenters. The summed E-state index contributed by atoms with van der Waals surface area (Å²) < 4.78 is 0. The Hall–Kier alpha value is -3.11. The van der Waals surface area contributed by atoms with Crippen LogP contribution in [0.25, 0.3) is 0 Å². The number of halogens is 1. The van der Waals surface area contributed by atoms with Gasteiger partial charge in [0.25, 0.3) is 5.91 Å². The molecule has 0 aromatic heterocycles. The first-order chi connectivity index (χ1) is 15.3. The summed E-state index contributed by atoms with van der Waals surface area (Å²) in [6.07, 6.45) is 0. The summed E-state index contributed by atoms with van der Waals surface area (Å²) in [5.41, 5.74) is 5.61. The summed E-state index contributed by atoms with van der Waals surface area (Å²) in [5.74, 6) is 0.121. The van der Waals surface area contributed by atoms with Crippen LogP contribution in [0.2, 0.25) is 5.02 Å². The molecule has 0 radical (unpaired) electrons. The van der Waals surface area contributed by atoms with Crippen LogP contribution in [0.4, 0.5) is 11.4 Å². The van der Waals surface area contributed by atoms with Crippen molar-refractivity contribution in [3.63, 3.8) is 0 Å². The minimum Gasteiger partial charge on any atom is -0.301 e. The van der Waals surface area contributed by atoms with Gasteiger partial charge < -0.3 is 4.90 Å². The van der Waals surface area contributed by atoms with Crippen LogP contribution in [-0.2, 0) is 9.59 Å². The van der Waals surface area contributed by atoms with Gasteiger partial charge >= 0.3 is 0 Å². The summed E-state index contributed by atoms with van der Waals surface area (Å²) in [6, 6.07) is 20.1. The summed E-state index contributed by atoms with van der Waals surface area (Å²) in [5, 5.41) is 0.583. The predicted octanol–water partition coefficient (Wildman–Crippen LogP) is 6.20. The number of nitrogens with zero attached hydrogens (tertiary/aromatic N) is 2. The first kappa shape index (κ1) is 22.1. The molecule has 1 aliphatic heterocycles. The highest BCUT2D eigenvalue weighted by molar-refractivity contribution is 6.30. The Morgan fingerprint density at radius 3 is 2.06 bits per heavy atom. The van der Waals surface area contributed by atoms with Gasteiger partial charge in [-0.25, -0.2) is 0 Å². The second-order valence-corrected chi connectivity index (χ2v) is 9.09. The highest BCUT2D eigenvalue weighted by atomic mass is 35.5. The molecule has 0 saturated carbocycles. The first-order valence-corrected chi connectivity index (χ1v) is 11.2. The van der Waals surface area contributed by atoms with Gasteiger partial charge in [-0.05, 0) is 78.4 Å². The highest BCUT2D eigenvalue weighted by Gasteiger charge is 2.41. The molecule has 0 N–H and O–H groups in total. The number of hydrogen-bond acceptors (Lipinski definition) is 2. The first-order valence-electron chi connectivity index (χ1n) is 10.8. The summed E-state index contributed by atoms with van der Waals surface area (Å²) >= 11 is 6.07. The third-order valence-corrected chi connectivity index (χ3v) is 6.40. The topological polar surface area (TPSA) is 40.6 Å². The Balaban J connectivity index is 1.80. The number of benzene rings is 3. The van der Waals surface area contributed by atoms with E-state index in [4.69, 9.17) is 11.6 Å². The predicted molar refractivity (Wildman–Crippen MR) is 130 cm³/mol. The van der Waals surface area contributed by atoms with Gasteiger partial charge in [0.2, 0.25) is 5.91 Å². The zero-order chi connectivity index (χ0) is 23.0. The van der Waals surface area contributed by atoms with Crippen LogP contribution in [-0.4, -0.2) is 18.4 Å². The van der Waals surface area contributed by atoms with Crippen molar-refractivity contribution in [3.8, 4) is 0 Å². The standard InChI is InChI=1S/C27H27ClN2O2/c1-17(2)20-6-8-21(9-7-20)26-27(32)29(24-12-5-18(3)19(4)15-24)16-25(31)30(26)23-13-10-22(28)11-14-23/h5-15,17,26H,16H2,1-4H3/t26-/m0/s1. The van der Waals surface area contributed by atoms with Crippen molar-refractivity contribution >= 4 is 34.8 Å². The molecule has 4 rings (SSSR count). The van der Waals surface area contributed by atoms with E-state index in [9.17, 15) is 9.59 Å². The molecule has 1 heterocycles.